The lowest BCUT2D eigenvalue weighted by Gasteiger charge is -2.21. The van der Waals surface area contributed by atoms with Crippen molar-refractivity contribution in [3.8, 4) is 0 Å². The van der Waals surface area contributed by atoms with Crippen molar-refractivity contribution in [1.29, 1.82) is 0 Å². The topological polar surface area (TPSA) is 9.23 Å². The molecule has 0 bridgehead atoms. The minimum atomic E-state index is 0.659. The molecule has 2 heteroatoms. The third-order valence-corrected chi connectivity index (χ3v) is 4.21. The lowest BCUT2D eigenvalue weighted by Crippen LogP contribution is -2.04. The zero-order valence-electron chi connectivity index (χ0n) is 10.1. The average molecular weight is 348 g/mol. The molecule has 0 radical (unpaired) electrons. The van der Waals surface area contributed by atoms with Crippen LogP contribution in [0.15, 0.2) is 48.5 Å². The predicted molar refractivity (Wildman–Crippen MR) is 83.2 cm³/mol. The molecular formula is C16H13IO. The van der Waals surface area contributed by atoms with Crippen LogP contribution in [-0.2, 0) is 11.3 Å². The monoisotopic (exact) mass is 348 g/mol. The average Bonchev–Trinajstić information content (AvgIpc) is 2.41. The molecule has 1 aliphatic rings. The molecule has 18 heavy (non-hydrogen) atoms. The summed E-state index contributed by atoms with van der Waals surface area (Å²) >= 11 is 2.38. The van der Waals surface area contributed by atoms with Gasteiger partial charge < -0.3 is 4.74 Å². The number of aryl methyl sites for hydroxylation is 1. The van der Waals surface area contributed by atoms with Gasteiger partial charge in [-0.15, -0.1) is 0 Å². The van der Waals surface area contributed by atoms with Gasteiger partial charge in [0.25, 0.3) is 0 Å². The highest BCUT2D eigenvalue weighted by atomic mass is 127. The van der Waals surface area contributed by atoms with Crippen molar-refractivity contribution in [3.05, 3.63) is 70.8 Å². The SMILES string of the molecule is Cc1ccc(C2=C(I)c3ccccc3CO2)cc1. The third-order valence-electron chi connectivity index (χ3n) is 3.14. The van der Waals surface area contributed by atoms with Gasteiger partial charge in [-0.25, -0.2) is 0 Å². The molecule has 0 saturated carbocycles. The molecule has 0 atom stereocenters. The molecule has 1 nitrogen and oxygen atoms in total. The first-order valence-corrected chi connectivity index (χ1v) is 7.01. The fourth-order valence-corrected chi connectivity index (χ4v) is 3.10. The van der Waals surface area contributed by atoms with E-state index < -0.39 is 0 Å². The Morgan fingerprint density at radius 3 is 2.50 bits per heavy atom. The molecular weight excluding hydrogens is 335 g/mol. The van der Waals surface area contributed by atoms with Gasteiger partial charge in [0.15, 0.2) is 0 Å². The highest BCUT2D eigenvalue weighted by Crippen LogP contribution is 2.38. The van der Waals surface area contributed by atoms with Crippen LogP contribution in [0.25, 0.3) is 9.34 Å². The molecule has 0 aliphatic carbocycles. The normalized spacial score (nSPS) is 14.1. The fraction of sp³-hybridized carbons (Fsp3) is 0.125. The van der Waals surface area contributed by atoms with Crippen LogP contribution in [-0.4, -0.2) is 0 Å². The smallest absolute Gasteiger partial charge is 0.140 e. The first-order chi connectivity index (χ1) is 8.75. The molecule has 0 aromatic heterocycles. The summed E-state index contributed by atoms with van der Waals surface area (Å²) in [5.74, 6) is 0.995. The molecule has 0 fully saturated rings. The van der Waals surface area contributed by atoms with Gasteiger partial charge >= 0.3 is 0 Å². The van der Waals surface area contributed by atoms with Gasteiger partial charge in [-0.2, -0.15) is 0 Å². The molecule has 90 valence electrons. The summed E-state index contributed by atoms with van der Waals surface area (Å²) in [6.07, 6.45) is 0. The van der Waals surface area contributed by atoms with E-state index in [4.69, 9.17) is 4.74 Å². The van der Waals surface area contributed by atoms with Crippen LogP contribution >= 0.6 is 22.6 Å². The number of hydrogen-bond donors (Lipinski definition) is 0. The van der Waals surface area contributed by atoms with Crippen LogP contribution in [0.4, 0.5) is 0 Å². The molecule has 1 heterocycles. The molecule has 0 unspecified atom stereocenters. The maximum absolute atomic E-state index is 5.91. The number of halogens is 1. The van der Waals surface area contributed by atoms with E-state index in [0.29, 0.717) is 6.61 Å². The molecule has 0 saturated heterocycles. The number of benzene rings is 2. The first-order valence-electron chi connectivity index (χ1n) is 5.93. The van der Waals surface area contributed by atoms with Crippen LogP contribution in [0.2, 0.25) is 0 Å². The van der Waals surface area contributed by atoms with Crippen molar-refractivity contribution in [2.24, 2.45) is 0 Å². The standard InChI is InChI=1S/C16H13IO/c1-11-6-8-12(9-7-11)16-15(17)14-5-3-2-4-13(14)10-18-16/h2-9H,10H2,1H3. The molecule has 1 aliphatic heterocycles. The van der Waals surface area contributed by atoms with E-state index in [2.05, 4.69) is 78.0 Å². The van der Waals surface area contributed by atoms with E-state index in [-0.39, 0.29) is 0 Å². The summed E-state index contributed by atoms with van der Waals surface area (Å²) < 4.78 is 7.11. The Morgan fingerprint density at radius 1 is 1.00 bits per heavy atom. The molecule has 0 N–H and O–H groups in total. The zero-order chi connectivity index (χ0) is 12.5. The van der Waals surface area contributed by atoms with E-state index in [1.54, 1.807) is 0 Å². The second-order valence-electron chi connectivity index (χ2n) is 4.45. The van der Waals surface area contributed by atoms with Crippen molar-refractivity contribution < 1.29 is 4.74 Å². The van der Waals surface area contributed by atoms with Gasteiger partial charge in [-0.05, 0) is 40.6 Å². The maximum Gasteiger partial charge on any atom is 0.140 e. The number of ether oxygens (including phenoxy) is 1. The quantitative estimate of drug-likeness (QED) is 0.674. The van der Waals surface area contributed by atoms with Crippen LogP contribution < -0.4 is 0 Å². The van der Waals surface area contributed by atoms with E-state index >= 15 is 0 Å². The highest BCUT2D eigenvalue weighted by molar-refractivity contribution is 14.1. The second kappa shape index (κ2) is 4.76. The lowest BCUT2D eigenvalue weighted by atomic mass is 10.0. The largest absolute Gasteiger partial charge is 0.487 e. The molecule has 2 aromatic rings. The summed E-state index contributed by atoms with van der Waals surface area (Å²) in [6.45, 7) is 2.76. The van der Waals surface area contributed by atoms with E-state index in [9.17, 15) is 0 Å². The van der Waals surface area contributed by atoms with Crippen molar-refractivity contribution in [3.63, 3.8) is 0 Å². The molecule has 0 spiro atoms. The Kier molecular flexibility index (Phi) is 3.12. The van der Waals surface area contributed by atoms with E-state index in [0.717, 1.165) is 11.3 Å². The van der Waals surface area contributed by atoms with Gasteiger partial charge in [-0.1, -0.05) is 54.1 Å². The Bertz CT molecular complexity index is 611. The minimum absolute atomic E-state index is 0.659. The maximum atomic E-state index is 5.91. The molecule has 3 rings (SSSR count). The van der Waals surface area contributed by atoms with Crippen LogP contribution in [0.5, 0.6) is 0 Å². The Balaban J connectivity index is 2.11. The van der Waals surface area contributed by atoms with Gasteiger partial charge in [-0.3, -0.25) is 0 Å². The lowest BCUT2D eigenvalue weighted by molar-refractivity contribution is 0.262. The molecule has 2 aromatic carbocycles. The highest BCUT2D eigenvalue weighted by Gasteiger charge is 2.18. The third kappa shape index (κ3) is 2.05. The second-order valence-corrected chi connectivity index (χ2v) is 5.53. The number of hydrogen-bond acceptors (Lipinski definition) is 1. The van der Waals surface area contributed by atoms with Crippen LogP contribution in [0.1, 0.15) is 22.3 Å². The Hall–Kier alpha value is -1.29. The fourth-order valence-electron chi connectivity index (χ4n) is 2.11. The summed E-state index contributed by atoms with van der Waals surface area (Å²) in [6, 6.07) is 16.9. The summed E-state index contributed by atoms with van der Waals surface area (Å²) in [4.78, 5) is 0. The first kappa shape index (κ1) is 11.8. The minimum Gasteiger partial charge on any atom is -0.487 e. The van der Waals surface area contributed by atoms with Gasteiger partial charge in [0.1, 0.15) is 12.4 Å². The Morgan fingerprint density at radius 2 is 1.72 bits per heavy atom. The van der Waals surface area contributed by atoms with Crippen LogP contribution in [0, 0.1) is 6.92 Å². The van der Waals surface area contributed by atoms with Crippen molar-refractivity contribution >= 4 is 31.9 Å². The zero-order valence-corrected chi connectivity index (χ0v) is 12.3. The van der Waals surface area contributed by atoms with Gasteiger partial charge in [0.2, 0.25) is 0 Å². The summed E-state index contributed by atoms with van der Waals surface area (Å²) in [5.41, 5.74) is 4.97. The van der Waals surface area contributed by atoms with Crippen LogP contribution in [0.3, 0.4) is 0 Å². The Labute approximate surface area is 121 Å². The van der Waals surface area contributed by atoms with Crippen molar-refractivity contribution in [2.45, 2.75) is 13.5 Å². The van der Waals surface area contributed by atoms with Gasteiger partial charge in [0, 0.05) is 5.56 Å². The van der Waals surface area contributed by atoms with Crippen molar-refractivity contribution in [1.82, 2.24) is 0 Å². The summed E-state index contributed by atoms with van der Waals surface area (Å²) in [5, 5.41) is 0. The molecule has 0 amide bonds. The summed E-state index contributed by atoms with van der Waals surface area (Å²) in [7, 11) is 0. The van der Waals surface area contributed by atoms with E-state index in [1.807, 2.05) is 0 Å². The van der Waals surface area contributed by atoms with Crippen molar-refractivity contribution in [2.75, 3.05) is 0 Å². The number of fused-ring (bicyclic) bond motifs is 1. The number of rotatable bonds is 1. The predicted octanol–water partition coefficient (Wildman–Crippen LogP) is 4.79. The van der Waals surface area contributed by atoms with E-state index in [1.165, 1.54) is 20.3 Å². The van der Waals surface area contributed by atoms with Gasteiger partial charge in [0.05, 0.1) is 3.58 Å².